The molecule has 0 radical (unpaired) electrons. The molecule has 0 heterocycles. The third kappa shape index (κ3) is 3.55. The molecule has 0 spiro atoms. The van der Waals surface area contributed by atoms with E-state index in [1.807, 2.05) is 36.4 Å². The van der Waals surface area contributed by atoms with Crippen LogP contribution in [0.2, 0.25) is 0 Å². The predicted molar refractivity (Wildman–Crippen MR) is 103 cm³/mol. The van der Waals surface area contributed by atoms with Crippen molar-refractivity contribution in [1.82, 2.24) is 0 Å². The summed E-state index contributed by atoms with van der Waals surface area (Å²) in [5.74, 6) is -0.940. The minimum absolute atomic E-state index is 0.261. The van der Waals surface area contributed by atoms with Crippen molar-refractivity contribution in [3.63, 3.8) is 0 Å². The fourth-order valence-electron chi connectivity index (χ4n) is 2.89. The van der Waals surface area contributed by atoms with Gasteiger partial charge >= 0.3 is 5.97 Å². The molecule has 126 valence electrons. The van der Waals surface area contributed by atoms with E-state index < -0.39 is 5.97 Å². The second kappa shape index (κ2) is 7.50. The van der Waals surface area contributed by atoms with Gasteiger partial charge < -0.3 is 5.11 Å². The number of hydrogen-bond donors (Lipinski definition) is 1. The lowest BCUT2D eigenvalue weighted by atomic mass is 9.91. The van der Waals surface area contributed by atoms with Crippen molar-refractivity contribution in [3.8, 4) is 28.3 Å². The minimum atomic E-state index is -0.940. The molecule has 3 aromatic carbocycles. The number of nitriles is 1. The molecular weight excluding hydrogens is 322 g/mol. The number of carboxylic acids is 1. The summed E-state index contributed by atoms with van der Waals surface area (Å²) in [6.07, 6.45) is 2.63. The van der Waals surface area contributed by atoms with E-state index in [1.54, 1.807) is 24.3 Å². The molecule has 0 amide bonds. The van der Waals surface area contributed by atoms with Crippen molar-refractivity contribution in [1.29, 1.82) is 5.26 Å². The van der Waals surface area contributed by atoms with Gasteiger partial charge in [-0.2, -0.15) is 5.26 Å². The molecule has 0 aromatic heterocycles. The number of aromatic carboxylic acids is 1. The Kier molecular flexibility index (Phi) is 4.96. The zero-order chi connectivity index (χ0) is 18.5. The normalized spacial score (nSPS) is 10.1. The van der Waals surface area contributed by atoms with Gasteiger partial charge in [-0.15, -0.1) is 6.58 Å². The third-order valence-corrected chi connectivity index (χ3v) is 4.23. The van der Waals surface area contributed by atoms with Crippen LogP contribution in [0.15, 0.2) is 79.4 Å². The average Bonchev–Trinajstić information content (AvgIpc) is 2.68. The summed E-state index contributed by atoms with van der Waals surface area (Å²) in [5, 5.41) is 18.1. The summed E-state index contributed by atoms with van der Waals surface area (Å²) in [6, 6.07) is 22.7. The van der Waals surface area contributed by atoms with Crippen molar-refractivity contribution < 1.29 is 9.90 Å². The maximum absolute atomic E-state index is 11.1. The van der Waals surface area contributed by atoms with Crippen LogP contribution in [0.25, 0.3) is 22.3 Å². The Hall–Kier alpha value is -3.64. The van der Waals surface area contributed by atoms with Crippen molar-refractivity contribution >= 4 is 5.97 Å². The standard InChI is InChI=1S/C23H17NO2/c1-2-3-16-6-13-21(18-9-11-20(12-10-18)23(25)26)22(14-16)19-7-4-17(15-24)5-8-19/h2,4-14H,1,3H2,(H,25,26). The van der Waals surface area contributed by atoms with E-state index in [4.69, 9.17) is 10.4 Å². The molecule has 3 aromatic rings. The van der Waals surface area contributed by atoms with Crippen LogP contribution in [0.5, 0.6) is 0 Å². The van der Waals surface area contributed by atoms with E-state index in [0.29, 0.717) is 5.56 Å². The Morgan fingerprint density at radius 3 is 2.15 bits per heavy atom. The predicted octanol–water partition coefficient (Wildman–Crippen LogP) is 5.32. The van der Waals surface area contributed by atoms with Gasteiger partial charge in [0.2, 0.25) is 0 Å². The number of hydrogen-bond acceptors (Lipinski definition) is 2. The van der Waals surface area contributed by atoms with Crippen LogP contribution in [0.4, 0.5) is 0 Å². The fraction of sp³-hybridized carbons (Fsp3) is 0.0435. The highest BCUT2D eigenvalue weighted by Gasteiger charge is 2.10. The van der Waals surface area contributed by atoms with Gasteiger partial charge in [0.25, 0.3) is 0 Å². The van der Waals surface area contributed by atoms with Gasteiger partial charge in [0, 0.05) is 0 Å². The number of carboxylic acid groups (broad SMARTS) is 1. The summed E-state index contributed by atoms with van der Waals surface area (Å²) >= 11 is 0. The van der Waals surface area contributed by atoms with Gasteiger partial charge in [0.05, 0.1) is 17.2 Å². The molecule has 0 fully saturated rings. The van der Waals surface area contributed by atoms with E-state index in [1.165, 1.54) is 0 Å². The van der Waals surface area contributed by atoms with Crippen LogP contribution < -0.4 is 0 Å². The number of allylic oxidation sites excluding steroid dienone is 1. The van der Waals surface area contributed by atoms with Crippen LogP contribution in [0.1, 0.15) is 21.5 Å². The fourth-order valence-corrected chi connectivity index (χ4v) is 2.89. The first kappa shape index (κ1) is 17.2. The molecule has 0 aliphatic rings. The Morgan fingerprint density at radius 2 is 1.58 bits per heavy atom. The van der Waals surface area contributed by atoms with Crippen LogP contribution in [0, 0.1) is 11.3 Å². The quantitative estimate of drug-likeness (QED) is 0.640. The SMILES string of the molecule is C=CCc1ccc(-c2ccc(C(=O)O)cc2)c(-c2ccc(C#N)cc2)c1. The van der Waals surface area contributed by atoms with Crippen LogP contribution in [-0.4, -0.2) is 11.1 Å². The molecule has 26 heavy (non-hydrogen) atoms. The zero-order valence-electron chi connectivity index (χ0n) is 14.1. The monoisotopic (exact) mass is 339 g/mol. The lowest BCUT2D eigenvalue weighted by molar-refractivity contribution is 0.0697. The molecule has 0 unspecified atom stereocenters. The highest BCUT2D eigenvalue weighted by Crippen LogP contribution is 2.33. The van der Waals surface area contributed by atoms with Crippen LogP contribution >= 0.6 is 0 Å². The van der Waals surface area contributed by atoms with Gasteiger partial charge in [-0.3, -0.25) is 0 Å². The molecule has 3 heteroatoms. The van der Waals surface area contributed by atoms with Crippen molar-refractivity contribution in [2.45, 2.75) is 6.42 Å². The van der Waals surface area contributed by atoms with E-state index >= 15 is 0 Å². The highest BCUT2D eigenvalue weighted by atomic mass is 16.4. The summed E-state index contributed by atoms with van der Waals surface area (Å²) in [4.78, 5) is 11.1. The smallest absolute Gasteiger partial charge is 0.335 e. The molecule has 0 aliphatic carbocycles. The molecule has 3 nitrogen and oxygen atoms in total. The summed E-state index contributed by atoms with van der Waals surface area (Å²) in [7, 11) is 0. The van der Waals surface area contributed by atoms with Gasteiger partial charge in [0.1, 0.15) is 0 Å². The maximum atomic E-state index is 11.1. The van der Waals surface area contributed by atoms with E-state index in [2.05, 4.69) is 24.8 Å². The Balaban J connectivity index is 2.13. The van der Waals surface area contributed by atoms with Gasteiger partial charge in [-0.25, -0.2) is 4.79 Å². The van der Waals surface area contributed by atoms with Gasteiger partial charge in [-0.1, -0.05) is 48.5 Å². The maximum Gasteiger partial charge on any atom is 0.335 e. The highest BCUT2D eigenvalue weighted by molar-refractivity contribution is 5.89. The minimum Gasteiger partial charge on any atom is -0.478 e. The second-order valence-corrected chi connectivity index (χ2v) is 5.94. The molecule has 0 saturated heterocycles. The van der Waals surface area contributed by atoms with E-state index in [-0.39, 0.29) is 5.56 Å². The first-order valence-corrected chi connectivity index (χ1v) is 8.20. The van der Waals surface area contributed by atoms with Crippen LogP contribution in [0.3, 0.4) is 0 Å². The first-order valence-electron chi connectivity index (χ1n) is 8.20. The molecule has 1 N–H and O–H groups in total. The van der Waals surface area contributed by atoms with E-state index in [9.17, 15) is 4.79 Å². The number of carbonyl (C=O) groups is 1. The molecule has 0 atom stereocenters. The van der Waals surface area contributed by atoms with Crippen LogP contribution in [-0.2, 0) is 6.42 Å². The number of rotatable bonds is 5. The number of nitrogens with zero attached hydrogens (tertiary/aromatic N) is 1. The molecular formula is C23H17NO2. The molecule has 3 rings (SSSR count). The Bertz CT molecular complexity index is 994. The van der Waals surface area contributed by atoms with Crippen molar-refractivity contribution in [3.05, 3.63) is 96.1 Å². The second-order valence-electron chi connectivity index (χ2n) is 5.94. The summed E-state index contributed by atoms with van der Waals surface area (Å²) in [5.41, 5.74) is 6.02. The Morgan fingerprint density at radius 1 is 0.962 bits per heavy atom. The average molecular weight is 339 g/mol. The summed E-state index contributed by atoms with van der Waals surface area (Å²) in [6.45, 7) is 3.80. The topological polar surface area (TPSA) is 61.1 Å². The Labute approximate surface area is 152 Å². The zero-order valence-corrected chi connectivity index (χ0v) is 14.1. The summed E-state index contributed by atoms with van der Waals surface area (Å²) < 4.78 is 0. The molecule has 0 aliphatic heterocycles. The molecule has 0 bridgehead atoms. The van der Waals surface area contributed by atoms with Gasteiger partial charge in [-0.05, 0) is 58.5 Å². The largest absolute Gasteiger partial charge is 0.478 e. The lowest BCUT2D eigenvalue weighted by Crippen LogP contribution is -1.95. The van der Waals surface area contributed by atoms with Gasteiger partial charge in [0.15, 0.2) is 0 Å². The van der Waals surface area contributed by atoms with Crippen molar-refractivity contribution in [2.24, 2.45) is 0 Å². The first-order chi connectivity index (χ1) is 12.6. The molecule has 0 saturated carbocycles. The third-order valence-electron chi connectivity index (χ3n) is 4.23. The van der Waals surface area contributed by atoms with E-state index in [0.717, 1.165) is 34.2 Å². The lowest BCUT2D eigenvalue weighted by Gasteiger charge is -2.13. The van der Waals surface area contributed by atoms with Crippen molar-refractivity contribution in [2.75, 3.05) is 0 Å². The number of benzene rings is 3.